The monoisotopic (exact) mass is 263 g/mol. The van der Waals surface area contributed by atoms with Gasteiger partial charge < -0.3 is 14.7 Å². The van der Waals surface area contributed by atoms with Crippen molar-refractivity contribution >= 4 is 0 Å². The van der Waals surface area contributed by atoms with Crippen LogP contribution in [0.25, 0.3) is 0 Å². The molecule has 0 aromatic heterocycles. The van der Waals surface area contributed by atoms with Crippen molar-refractivity contribution in [3.8, 4) is 5.75 Å². The smallest absolute Gasteiger partial charge is 0.118 e. The third-order valence-corrected chi connectivity index (χ3v) is 3.68. The van der Waals surface area contributed by atoms with Crippen LogP contribution in [0.5, 0.6) is 5.75 Å². The molecular weight excluding hydrogens is 238 g/mol. The number of hydrogen-bond donors (Lipinski definition) is 1. The summed E-state index contributed by atoms with van der Waals surface area (Å²) in [5, 5.41) is 10.3. The van der Waals surface area contributed by atoms with Crippen molar-refractivity contribution in [3.63, 3.8) is 0 Å². The molecule has 1 aromatic carbocycles. The molecule has 0 radical (unpaired) electrons. The van der Waals surface area contributed by atoms with E-state index in [1.54, 1.807) is 7.11 Å². The molecule has 0 saturated heterocycles. The predicted molar refractivity (Wildman–Crippen MR) is 77.4 cm³/mol. The van der Waals surface area contributed by atoms with Crippen molar-refractivity contribution < 1.29 is 9.84 Å². The number of aliphatic hydroxyl groups excluding tert-OH is 1. The van der Waals surface area contributed by atoms with E-state index < -0.39 is 6.10 Å². The second-order valence-electron chi connectivity index (χ2n) is 5.49. The highest BCUT2D eigenvalue weighted by molar-refractivity contribution is 5.28. The van der Waals surface area contributed by atoms with E-state index in [0.717, 1.165) is 43.3 Å². The molecule has 2 rings (SSSR count). The lowest BCUT2D eigenvalue weighted by atomic mass is 10.1. The number of ether oxygens (including phenoxy) is 1. The first-order valence-electron chi connectivity index (χ1n) is 7.27. The number of nitrogens with zero attached hydrogens (tertiary/aromatic N) is 1. The Morgan fingerprint density at radius 2 is 2.00 bits per heavy atom. The van der Waals surface area contributed by atoms with Gasteiger partial charge in [-0.3, -0.25) is 0 Å². The zero-order valence-electron chi connectivity index (χ0n) is 12.0. The van der Waals surface area contributed by atoms with Crippen LogP contribution in [0.15, 0.2) is 24.3 Å². The van der Waals surface area contributed by atoms with Crippen LogP contribution in [0.4, 0.5) is 0 Å². The Morgan fingerprint density at radius 1 is 1.32 bits per heavy atom. The van der Waals surface area contributed by atoms with Gasteiger partial charge in [-0.1, -0.05) is 19.1 Å². The van der Waals surface area contributed by atoms with Crippen molar-refractivity contribution in [1.29, 1.82) is 0 Å². The third kappa shape index (κ3) is 4.51. The van der Waals surface area contributed by atoms with E-state index in [1.807, 2.05) is 24.3 Å². The molecule has 106 valence electrons. The summed E-state index contributed by atoms with van der Waals surface area (Å²) in [6, 6.07) is 7.71. The number of aliphatic hydroxyl groups is 1. The van der Waals surface area contributed by atoms with Gasteiger partial charge in [-0.2, -0.15) is 0 Å². The summed E-state index contributed by atoms with van der Waals surface area (Å²) in [4.78, 5) is 2.40. The van der Waals surface area contributed by atoms with Crippen LogP contribution in [-0.4, -0.2) is 36.8 Å². The van der Waals surface area contributed by atoms with Gasteiger partial charge in [0.1, 0.15) is 5.75 Å². The normalized spacial score (nSPS) is 16.6. The summed E-state index contributed by atoms with van der Waals surface area (Å²) < 4.78 is 5.14. The Morgan fingerprint density at radius 3 is 2.53 bits per heavy atom. The average Bonchev–Trinajstić information content (AvgIpc) is 3.23. The minimum absolute atomic E-state index is 0.406. The highest BCUT2D eigenvalue weighted by Crippen LogP contribution is 2.30. The van der Waals surface area contributed by atoms with Gasteiger partial charge in [-0.25, -0.2) is 0 Å². The van der Waals surface area contributed by atoms with Gasteiger partial charge in [0.2, 0.25) is 0 Å². The van der Waals surface area contributed by atoms with Gasteiger partial charge in [-0.15, -0.1) is 0 Å². The largest absolute Gasteiger partial charge is 0.497 e. The lowest BCUT2D eigenvalue weighted by molar-refractivity contribution is 0.110. The molecule has 3 heteroatoms. The molecule has 0 amide bonds. The van der Waals surface area contributed by atoms with Crippen LogP contribution in [0.3, 0.4) is 0 Å². The Hall–Kier alpha value is -1.06. The fourth-order valence-electron chi connectivity index (χ4n) is 2.41. The van der Waals surface area contributed by atoms with Crippen molar-refractivity contribution in [2.24, 2.45) is 5.92 Å². The second-order valence-corrected chi connectivity index (χ2v) is 5.49. The lowest BCUT2D eigenvalue weighted by Gasteiger charge is -2.24. The molecule has 1 aliphatic rings. The summed E-state index contributed by atoms with van der Waals surface area (Å²) in [7, 11) is 1.66. The van der Waals surface area contributed by atoms with Crippen LogP contribution in [0, 0.1) is 5.92 Å². The maximum absolute atomic E-state index is 10.3. The molecule has 1 atom stereocenters. The number of benzene rings is 1. The van der Waals surface area contributed by atoms with Crippen LogP contribution < -0.4 is 4.74 Å². The topological polar surface area (TPSA) is 32.7 Å². The van der Waals surface area contributed by atoms with Gasteiger partial charge in [0, 0.05) is 13.1 Å². The molecule has 0 bridgehead atoms. The van der Waals surface area contributed by atoms with Gasteiger partial charge in [0.05, 0.1) is 13.2 Å². The van der Waals surface area contributed by atoms with Crippen LogP contribution in [-0.2, 0) is 0 Å². The molecule has 1 unspecified atom stereocenters. The maximum atomic E-state index is 10.3. The van der Waals surface area contributed by atoms with Crippen molar-refractivity contribution in [2.45, 2.75) is 32.3 Å². The van der Waals surface area contributed by atoms with Crippen molar-refractivity contribution in [1.82, 2.24) is 4.90 Å². The molecule has 3 nitrogen and oxygen atoms in total. The second kappa shape index (κ2) is 6.92. The van der Waals surface area contributed by atoms with E-state index in [2.05, 4.69) is 11.8 Å². The van der Waals surface area contributed by atoms with Gasteiger partial charge in [-0.05, 0) is 49.4 Å². The van der Waals surface area contributed by atoms with Crippen LogP contribution in [0.1, 0.15) is 37.9 Å². The SMILES string of the molecule is CCCN(CC1CC1)CC(O)c1ccc(OC)cc1. The fourth-order valence-corrected chi connectivity index (χ4v) is 2.41. The quantitative estimate of drug-likeness (QED) is 0.783. The highest BCUT2D eigenvalue weighted by Gasteiger charge is 2.25. The molecule has 0 heterocycles. The number of rotatable bonds is 8. The van der Waals surface area contributed by atoms with Gasteiger partial charge in [0.15, 0.2) is 0 Å². The Bertz CT molecular complexity index is 373. The van der Waals surface area contributed by atoms with E-state index in [1.165, 1.54) is 12.8 Å². The molecule has 1 aliphatic carbocycles. The molecule has 19 heavy (non-hydrogen) atoms. The Kier molecular flexibility index (Phi) is 5.23. The van der Waals surface area contributed by atoms with Crippen molar-refractivity contribution in [3.05, 3.63) is 29.8 Å². The minimum Gasteiger partial charge on any atom is -0.497 e. The third-order valence-electron chi connectivity index (χ3n) is 3.68. The first kappa shape index (κ1) is 14.4. The molecule has 1 aromatic rings. The van der Waals surface area contributed by atoms with E-state index in [4.69, 9.17) is 4.74 Å². The van der Waals surface area contributed by atoms with Gasteiger partial charge >= 0.3 is 0 Å². The number of hydrogen-bond acceptors (Lipinski definition) is 3. The molecule has 1 fully saturated rings. The highest BCUT2D eigenvalue weighted by atomic mass is 16.5. The molecule has 0 spiro atoms. The first-order chi connectivity index (χ1) is 9.22. The summed E-state index contributed by atoms with van der Waals surface area (Å²) in [5.74, 6) is 1.70. The van der Waals surface area contributed by atoms with E-state index >= 15 is 0 Å². The predicted octanol–water partition coefficient (Wildman–Crippen LogP) is 2.85. The van der Waals surface area contributed by atoms with Crippen LogP contribution >= 0.6 is 0 Å². The zero-order chi connectivity index (χ0) is 13.7. The fraction of sp³-hybridized carbons (Fsp3) is 0.625. The Balaban J connectivity index is 1.90. The van der Waals surface area contributed by atoms with Crippen molar-refractivity contribution in [2.75, 3.05) is 26.7 Å². The van der Waals surface area contributed by atoms with Crippen LogP contribution in [0.2, 0.25) is 0 Å². The summed E-state index contributed by atoms with van der Waals surface area (Å²) >= 11 is 0. The minimum atomic E-state index is -0.406. The van der Waals surface area contributed by atoms with E-state index in [-0.39, 0.29) is 0 Å². The first-order valence-corrected chi connectivity index (χ1v) is 7.27. The molecule has 1 N–H and O–H groups in total. The van der Waals surface area contributed by atoms with E-state index in [9.17, 15) is 5.11 Å². The Labute approximate surface area is 116 Å². The molecule has 0 aliphatic heterocycles. The molecule has 1 saturated carbocycles. The zero-order valence-corrected chi connectivity index (χ0v) is 12.0. The number of methoxy groups -OCH3 is 1. The van der Waals surface area contributed by atoms with Gasteiger partial charge in [0.25, 0.3) is 0 Å². The lowest BCUT2D eigenvalue weighted by Crippen LogP contribution is -2.31. The molecular formula is C16H25NO2. The maximum Gasteiger partial charge on any atom is 0.118 e. The standard InChI is InChI=1S/C16H25NO2/c1-3-10-17(11-13-4-5-13)12-16(18)14-6-8-15(19-2)9-7-14/h6-9,13,16,18H,3-5,10-12H2,1-2H3. The average molecular weight is 263 g/mol. The summed E-state index contributed by atoms with van der Waals surface area (Å²) in [6.45, 7) is 5.14. The summed E-state index contributed by atoms with van der Waals surface area (Å²) in [6.07, 6.45) is 3.45. The summed E-state index contributed by atoms with van der Waals surface area (Å²) in [5.41, 5.74) is 0.970. The van der Waals surface area contributed by atoms with E-state index in [0.29, 0.717) is 0 Å².